The molecule has 5 heteroatoms. The second kappa shape index (κ2) is 11.9. The summed E-state index contributed by atoms with van der Waals surface area (Å²) in [5, 5.41) is 0. The minimum absolute atomic E-state index is 0.350. The first-order chi connectivity index (χ1) is 13.7. The number of rotatable bonds is 11. The summed E-state index contributed by atoms with van der Waals surface area (Å²) in [5.41, 5.74) is 1.75. The molecule has 1 aliphatic heterocycles. The van der Waals surface area contributed by atoms with Crippen molar-refractivity contribution in [3.63, 3.8) is 0 Å². The van der Waals surface area contributed by atoms with Crippen molar-refractivity contribution in [1.82, 2.24) is 4.98 Å². The molecule has 0 fully saturated rings. The standard InChI is InChI=1S/C23H30N2O3/c1-4-6-9-12-18-15-16-20(23(25-18)27-3)21-17-24-22(28-21)14-11-8-7-10-13-19(26)5-2/h4,6,9,12,16-17H,1,5,7-8,10-11,13-15H2,2-3H3/b9-6-,18-12+. The van der Waals surface area contributed by atoms with Crippen LogP contribution in [0.25, 0.3) is 5.57 Å². The molecule has 0 aromatic carbocycles. The van der Waals surface area contributed by atoms with E-state index in [0.717, 1.165) is 49.3 Å². The Morgan fingerprint density at radius 2 is 2.11 bits per heavy atom. The summed E-state index contributed by atoms with van der Waals surface area (Å²) in [7, 11) is 1.61. The number of aliphatic imine (C=N–C) groups is 1. The van der Waals surface area contributed by atoms with Crippen LogP contribution in [0, 0.1) is 0 Å². The van der Waals surface area contributed by atoms with Gasteiger partial charge in [-0.3, -0.25) is 4.79 Å². The number of aryl methyl sites for hydroxylation is 1. The van der Waals surface area contributed by atoms with Crippen LogP contribution in [0.5, 0.6) is 0 Å². The lowest BCUT2D eigenvalue weighted by atomic mass is 10.1. The zero-order valence-corrected chi connectivity index (χ0v) is 16.9. The summed E-state index contributed by atoms with van der Waals surface area (Å²) in [5.74, 6) is 2.30. The van der Waals surface area contributed by atoms with Crippen LogP contribution >= 0.6 is 0 Å². The normalized spacial score (nSPS) is 15.6. The highest BCUT2D eigenvalue weighted by Gasteiger charge is 2.19. The molecule has 0 saturated heterocycles. The van der Waals surface area contributed by atoms with Crippen molar-refractivity contribution in [2.24, 2.45) is 4.99 Å². The van der Waals surface area contributed by atoms with Crippen molar-refractivity contribution in [2.45, 2.75) is 58.3 Å². The lowest BCUT2D eigenvalue weighted by Gasteiger charge is -2.13. The first-order valence-electron chi connectivity index (χ1n) is 9.96. The summed E-state index contributed by atoms with van der Waals surface area (Å²) in [6, 6.07) is 0. The van der Waals surface area contributed by atoms with E-state index in [4.69, 9.17) is 9.15 Å². The lowest BCUT2D eigenvalue weighted by Crippen LogP contribution is -2.08. The Morgan fingerprint density at radius 3 is 2.86 bits per heavy atom. The average molecular weight is 383 g/mol. The van der Waals surface area contributed by atoms with Gasteiger partial charge < -0.3 is 9.15 Å². The van der Waals surface area contributed by atoms with Gasteiger partial charge in [0.15, 0.2) is 11.7 Å². The number of nitrogens with zero attached hydrogens (tertiary/aromatic N) is 2. The molecule has 2 heterocycles. The van der Waals surface area contributed by atoms with Gasteiger partial charge in [-0.05, 0) is 18.9 Å². The van der Waals surface area contributed by atoms with Crippen LogP contribution in [-0.4, -0.2) is 23.8 Å². The number of carbonyl (C=O) groups excluding carboxylic acids is 1. The predicted octanol–water partition coefficient (Wildman–Crippen LogP) is 5.60. The minimum atomic E-state index is 0.350. The van der Waals surface area contributed by atoms with Gasteiger partial charge in [0.25, 0.3) is 0 Å². The van der Waals surface area contributed by atoms with Crippen LogP contribution in [-0.2, 0) is 16.0 Å². The van der Waals surface area contributed by atoms with Gasteiger partial charge in [-0.1, -0.05) is 50.6 Å². The SMILES string of the molecule is C=C/C=C\C=C1/CC=C(c2cnc(CCCCCCC(=O)CC)o2)C(OC)=N1. The quantitative estimate of drug-likeness (QED) is 0.369. The third kappa shape index (κ3) is 6.80. The largest absolute Gasteiger partial charge is 0.480 e. The number of Topliss-reactive ketones (excluding diaryl/α,β-unsaturated/α-hetero) is 1. The topological polar surface area (TPSA) is 64.7 Å². The molecule has 28 heavy (non-hydrogen) atoms. The minimum Gasteiger partial charge on any atom is -0.480 e. The van der Waals surface area contributed by atoms with E-state index >= 15 is 0 Å². The Labute approximate surface area is 167 Å². The zero-order chi connectivity index (χ0) is 20.2. The Bertz CT molecular complexity index is 782. The fourth-order valence-electron chi connectivity index (χ4n) is 2.92. The zero-order valence-electron chi connectivity index (χ0n) is 16.9. The van der Waals surface area contributed by atoms with Crippen LogP contribution in [0.1, 0.15) is 63.5 Å². The Morgan fingerprint density at radius 1 is 1.29 bits per heavy atom. The molecule has 0 unspecified atom stereocenters. The van der Waals surface area contributed by atoms with Crippen LogP contribution in [0.4, 0.5) is 0 Å². The van der Waals surface area contributed by atoms with Gasteiger partial charge >= 0.3 is 0 Å². The fraction of sp³-hybridized carbons (Fsp3) is 0.435. The molecule has 0 radical (unpaired) electrons. The summed E-state index contributed by atoms with van der Waals surface area (Å²) >= 11 is 0. The molecular formula is C23H30N2O3. The van der Waals surface area contributed by atoms with E-state index in [1.165, 1.54) is 0 Å². The van der Waals surface area contributed by atoms with Gasteiger partial charge in [-0.25, -0.2) is 9.98 Å². The molecule has 0 bridgehead atoms. The molecule has 0 saturated carbocycles. The van der Waals surface area contributed by atoms with E-state index < -0.39 is 0 Å². The Hall–Kier alpha value is -2.69. The van der Waals surface area contributed by atoms with Crippen LogP contribution in [0.15, 0.2) is 58.3 Å². The monoisotopic (exact) mass is 382 g/mol. The van der Waals surface area contributed by atoms with E-state index in [-0.39, 0.29) is 0 Å². The van der Waals surface area contributed by atoms with E-state index in [1.54, 1.807) is 19.4 Å². The summed E-state index contributed by atoms with van der Waals surface area (Å²) in [6.07, 6.45) is 18.2. The Balaban J connectivity index is 1.86. The van der Waals surface area contributed by atoms with E-state index in [2.05, 4.69) is 22.6 Å². The number of ether oxygens (including phenoxy) is 1. The maximum Gasteiger partial charge on any atom is 0.224 e. The number of unbranched alkanes of at least 4 members (excludes halogenated alkanes) is 3. The highest BCUT2D eigenvalue weighted by atomic mass is 16.5. The highest BCUT2D eigenvalue weighted by molar-refractivity contribution is 6.19. The molecule has 0 N–H and O–H groups in total. The molecule has 1 aliphatic rings. The summed E-state index contributed by atoms with van der Waals surface area (Å²) in [6.45, 7) is 5.57. The number of dihydropyridines is 1. The maximum absolute atomic E-state index is 11.3. The highest BCUT2D eigenvalue weighted by Crippen LogP contribution is 2.26. The molecule has 0 spiro atoms. The average Bonchev–Trinajstić information content (AvgIpc) is 3.19. The predicted molar refractivity (Wildman–Crippen MR) is 113 cm³/mol. The number of ketones is 1. The number of aromatic nitrogens is 1. The third-order valence-corrected chi connectivity index (χ3v) is 4.53. The van der Waals surface area contributed by atoms with Crippen LogP contribution < -0.4 is 0 Å². The number of hydrogen-bond donors (Lipinski definition) is 0. The Kier molecular flexibility index (Phi) is 9.19. The van der Waals surface area contributed by atoms with Crippen molar-refractivity contribution >= 4 is 17.3 Å². The van der Waals surface area contributed by atoms with Crippen LogP contribution in [0.3, 0.4) is 0 Å². The maximum atomic E-state index is 11.3. The molecule has 0 aliphatic carbocycles. The number of oxazole rings is 1. The van der Waals surface area contributed by atoms with Gasteiger partial charge in [-0.15, -0.1) is 0 Å². The third-order valence-electron chi connectivity index (χ3n) is 4.53. The van der Waals surface area contributed by atoms with Crippen molar-refractivity contribution in [3.8, 4) is 0 Å². The number of hydrogen-bond acceptors (Lipinski definition) is 5. The molecule has 150 valence electrons. The molecule has 0 amide bonds. The van der Waals surface area contributed by atoms with E-state index in [1.807, 2.05) is 25.2 Å². The van der Waals surface area contributed by atoms with Crippen molar-refractivity contribution in [2.75, 3.05) is 7.11 Å². The van der Waals surface area contributed by atoms with Crippen molar-refractivity contribution in [3.05, 3.63) is 60.5 Å². The smallest absolute Gasteiger partial charge is 0.224 e. The molecule has 1 aromatic rings. The molecule has 1 aromatic heterocycles. The van der Waals surface area contributed by atoms with Gasteiger partial charge in [0.1, 0.15) is 5.78 Å². The van der Waals surface area contributed by atoms with Gasteiger partial charge in [0, 0.05) is 31.4 Å². The van der Waals surface area contributed by atoms with E-state index in [9.17, 15) is 4.79 Å². The fourth-order valence-corrected chi connectivity index (χ4v) is 2.92. The van der Waals surface area contributed by atoms with Crippen molar-refractivity contribution in [1.29, 1.82) is 0 Å². The van der Waals surface area contributed by atoms with Gasteiger partial charge in [0.05, 0.1) is 18.9 Å². The number of carbonyl (C=O) groups is 1. The first-order valence-corrected chi connectivity index (χ1v) is 9.96. The number of allylic oxidation sites excluding steroid dienone is 5. The molecule has 0 atom stereocenters. The van der Waals surface area contributed by atoms with E-state index in [0.29, 0.717) is 36.7 Å². The van der Waals surface area contributed by atoms with Crippen molar-refractivity contribution < 1.29 is 13.9 Å². The molecule has 2 rings (SSSR count). The summed E-state index contributed by atoms with van der Waals surface area (Å²) in [4.78, 5) is 20.2. The lowest BCUT2D eigenvalue weighted by molar-refractivity contribution is -0.118. The second-order valence-electron chi connectivity index (χ2n) is 6.65. The van der Waals surface area contributed by atoms with Crippen LogP contribution in [0.2, 0.25) is 0 Å². The van der Waals surface area contributed by atoms with Gasteiger partial charge in [-0.2, -0.15) is 0 Å². The molecular weight excluding hydrogens is 352 g/mol. The second-order valence-corrected chi connectivity index (χ2v) is 6.65. The molecule has 5 nitrogen and oxygen atoms in total. The number of methoxy groups -OCH3 is 1. The summed E-state index contributed by atoms with van der Waals surface area (Å²) < 4.78 is 11.3. The van der Waals surface area contributed by atoms with Gasteiger partial charge in [0.2, 0.25) is 5.90 Å². The first kappa shape index (κ1) is 21.6.